The predicted octanol–water partition coefficient (Wildman–Crippen LogP) is 2.86. The van der Waals surface area contributed by atoms with Gasteiger partial charge in [-0.3, -0.25) is 4.79 Å². The number of amides is 1. The number of ether oxygens (including phenoxy) is 3. The number of nitrogens with zero attached hydrogens (tertiary/aromatic N) is 1. The normalized spacial score (nSPS) is 19.4. The van der Waals surface area contributed by atoms with E-state index in [1.165, 1.54) is 0 Å². The van der Waals surface area contributed by atoms with Crippen LogP contribution in [0.15, 0.2) is 42.5 Å². The Bertz CT molecular complexity index is 811. The van der Waals surface area contributed by atoms with Gasteiger partial charge < -0.3 is 24.2 Å². The molecular formula is C21H24ClNO5. The summed E-state index contributed by atoms with van der Waals surface area (Å²) in [4.78, 5) is 14.8. The summed E-state index contributed by atoms with van der Waals surface area (Å²) >= 11 is 5.93. The molecule has 28 heavy (non-hydrogen) atoms. The van der Waals surface area contributed by atoms with Gasteiger partial charge >= 0.3 is 0 Å². The first-order valence-electron chi connectivity index (χ1n) is 9.05. The summed E-state index contributed by atoms with van der Waals surface area (Å²) < 4.78 is 16.4. The van der Waals surface area contributed by atoms with Crippen molar-refractivity contribution in [2.45, 2.75) is 18.6 Å². The van der Waals surface area contributed by atoms with Crippen molar-refractivity contribution in [1.29, 1.82) is 0 Å². The van der Waals surface area contributed by atoms with Crippen molar-refractivity contribution in [3.05, 3.63) is 58.6 Å². The number of methoxy groups -OCH3 is 2. The molecule has 2 atom stereocenters. The second kappa shape index (κ2) is 9.28. The van der Waals surface area contributed by atoms with E-state index < -0.39 is 12.1 Å². The van der Waals surface area contributed by atoms with Crippen LogP contribution in [0.5, 0.6) is 11.5 Å². The van der Waals surface area contributed by atoms with E-state index in [0.717, 1.165) is 11.1 Å². The van der Waals surface area contributed by atoms with Crippen molar-refractivity contribution in [3.8, 4) is 11.5 Å². The number of halogens is 1. The summed E-state index contributed by atoms with van der Waals surface area (Å²) in [5, 5.41) is 10.5. The van der Waals surface area contributed by atoms with E-state index in [1.54, 1.807) is 37.3 Å². The molecule has 150 valence electrons. The number of aliphatic hydroxyl groups excluding tert-OH is 1. The quantitative estimate of drug-likeness (QED) is 0.800. The number of hydrogen-bond donors (Lipinski definition) is 1. The molecule has 0 unspecified atom stereocenters. The maximum atomic E-state index is 13.1. The maximum absolute atomic E-state index is 13.1. The van der Waals surface area contributed by atoms with Gasteiger partial charge in [0.15, 0.2) is 11.5 Å². The van der Waals surface area contributed by atoms with Gasteiger partial charge in [0.2, 0.25) is 5.91 Å². The average Bonchev–Trinajstić information content (AvgIpc) is 2.74. The van der Waals surface area contributed by atoms with Crippen molar-refractivity contribution < 1.29 is 24.1 Å². The topological polar surface area (TPSA) is 68.2 Å². The van der Waals surface area contributed by atoms with E-state index in [0.29, 0.717) is 29.7 Å². The summed E-state index contributed by atoms with van der Waals surface area (Å²) in [5.74, 6) is 1.12. The Balaban J connectivity index is 1.89. The van der Waals surface area contributed by atoms with Gasteiger partial charge in [-0.25, -0.2) is 0 Å². The van der Waals surface area contributed by atoms with Crippen LogP contribution in [0.2, 0.25) is 5.02 Å². The van der Waals surface area contributed by atoms with E-state index in [2.05, 4.69) is 0 Å². The molecule has 1 aliphatic heterocycles. The molecule has 2 aromatic carbocycles. The number of carbonyl (C=O) groups excluding carboxylic acids is 1. The van der Waals surface area contributed by atoms with Crippen molar-refractivity contribution in [2.75, 3.05) is 34.0 Å². The third-order valence-corrected chi connectivity index (χ3v) is 5.12. The molecule has 0 radical (unpaired) electrons. The molecule has 0 aromatic heterocycles. The van der Waals surface area contributed by atoms with E-state index in [1.807, 2.05) is 24.3 Å². The lowest BCUT2D eigenvalue weighted by atomic mass is 9.97. The van der Waals surface area contributed by atoms with E-state index in [9.17, 15) is 9.90 Å². The van der Waals surface area contributed by atoms with Crippen LogP contribution in [0.4, 0.5) is 0 Å². The van der Waals surface area contributed by atoms with Gasteiger partial charge in [0.25, 0.3) is 0 Å². The zero-order valence-corrected chi connectivity index (χ0v) is 16.7. The number of morpholine rings is 1. The van der Waals surface area contributed by atoms with E-state index in [4.69, 9.17) is 25.8 Å². The van der Waals surface area contributed by atoms with Crippen LogP contribution in [0.3, 0.4) is 0 Å². The van der Waals surface area contributed by atoms with Crippen LogP contribution in [-0.4, -0.2) is 56.0 Å². The van der Waals surface area contributed by atoms with Crippen molar-refractivity contribution in [2.24, 2.45) is 0 Å². The van der Waals surface area contributed by atoms with Gasteiger partial charge in [-0.15, -0.1) is 0 Å². The Hall–Kier alpha value is -2.28. The van der Waals surface area contributed by atoms with Gasteiger partial charge in [-0.05, 0) is 35.4 Å². The lowest BCUT2D eigenvalue weighted by Crippen LogP contribution is -2.49. The predicted molar refractivity (Wildman–Crippen MR) is 106 cm³/mol. The van der Waals surface area contributed by atoms with E-state index in [-0.39, 0.29) is 18.9 Å². The zero-order valence-electron chi connectivity index (χ0n) is 15.9. The first-order chi connectivity index (χ1) is 13.6. The average molecular weight is 406 g/mol. The molecule has 0 spiro atoms. The van der Waals surface area contributed by atoms with Crippen LogP contribution in [-0.2, 0) is 16.0 Å². The number of hydrogen-bond acceptors (Lipinski definition) is 5. The third kappa shape index (κ3) is 4.41. The Morgan fingerprint density at radius 1 is 1.18 bits per heavy atom. The van der Waals surface area contributed by atoms with Crippen LogP contribution in [0, 0.1) is 0 Å². The Morgan fingerprint density at radius 3 is 2.54 bits per heavy atom. The minimum absolute atomic E-state index is 0.0381. The van der Waals surface area contributed by atoms with Crippen LogP contribution < -0.4 is 9.47 Å². The minimum Gasteiger partial charge on any atom is -0.493 e. The molecule has 1 heterocycles. The molecular weight excluding hydrogens is 382 g/mol. The van der Waals surface area contributed by atoms with Crippen LogP contribution in [0.1, 0.15) is 17.2 Å². The second-order valence-electron chi connectivity index (χ2n) is 6.54. The van der Waals surface area contributed by atoms with Gasteiger partial charge in [-0.1, -0.05) is 29.8 Å². The summed E-state index contributed by atoms with van der Waals surface area (Å²) in [5.41, 5.74) is 1.70. The molecule has 1 saturated heterocycles. The number of aliphatic hydroxyl groups is 1. The first kappa shape index (κ1) is 20.5. The van der Waals surface area contributed by atoms with Crippen molar-refractivity contribution >= 4 is 17.5 Å². The highest BCUT2D eigenvalue weighted by Crippen LogP contribution is 2.36. The first-order valence-corrected chi connectivity index (χ1v) is 9.43. The fraction of sp³-hybridized carbons (Fsp3) is 0.381. The lowest BCUT2D eigenvalue weighted by Gasteiger charge is -2.41. The molecule has 1 amide bonds. The second-order valence-corrected chi connectivity index (χ2v) is 6.98. The molecule has 6 nitrogen and oxygen atoms in total. The zero-order chi connectivity index (χ0) is 20.1. The summed E-state index contributed by atoms with van der Waals surface area (Å²) in [6.07, 6.45) is -0.264. The Labute approximate surface area is 169 Å². The van der Waals surface area contributed by atoms with E-state index >= 15 is 0 Å². The summed E-state index contributed by atoms with van der Waals surface area (Å²) in [6, 6.07) is 12.3. The molecule has 7 heteroatoms. The molecule has 0 aliphatic carbocycles. The molecule has 2 aromatic rings. The molecule has 3 rings (SSSR count). The van der Waals surface area contributed by atoms with Gasteiger partial charge in [0.1, 0.15) is 6.10 Å². The minimum atomic E-state index is -0.513. The SMILES string of the molecule is COc1ccc([C@@H]2[C@@H](CO)OCCN2C(=O)Cc2ccc(Cl)cc2)cc1OC. The van der Waals surface area contributed by atoms with Crippen molar-refractivity contribution in [3.63, 3.8) is 0 Å². The molecule has 1 fully saturated rings. The molecule has 1 aliphatic rings. The standard InChI is InChI=1S/C21H24ClNO5/c1-26-17-8-5-15(12-18(17)27-2)21-19(13-24)28-10-9-23(21)20(25)11-14-3-6-16(22)7-4-14/h3-8,12,19,21,24H,9-11,13H2,1-2H3/t19-,21-/m1/s1. The molecule has 0 saturated carbocycles. The smallest absolute Gasteiger partial charge is 0.227 e. The Kier molecular flexibility index (Phi) is 6.78. The number of rotatable bonds is 6. The molecule has 1 N–H and O–H groups in total. The largest absolute Gasteiger partial charge is 0.493 e. The van der Waals surface area contributed by atoms with Crippen LogP contribution in [0.25, 0.3) is 0 Å². The maximum Gasteiger partial charge on any atom is 0.227 e. The Morgan fingerprint density at radius 2 is 1.89 bits per heavy atom. The third-order valence-electron chi connectivity index (χ3n) is 4.87. The summed E-state index contributed by atoms with van der Waals surface area (Å²) in [6.45, 7) is 0.632. The molecule has 0 bridgehead atoms. The number of benzene rings is 2. The lowest BCUT2D eigenvalue weighted by molar-refractivity contribution is -0.149. The summed E-state index contributed by atoms with van der Waals surface area (Å²) in [7, 11) is 3.13. The van der Waals surface area contributed by atoms with Crippen molar-refractivity contribution in [1.82, 2.24) is 4.90 Å². The fourth-order valence-corrected chi connectivity index (χ4v) is 3.60. The fourth-order valence-electron chi connectivity index (χ4n) is 3.48. The van der Waals surface area contributed by atoms with Gasteiger partial charge in [-0.2, -0.15) is 0 Å². The monoisotopic (exact) mass is 405 g/mol. The highest BCUT2D eigenvalue weighted by molar-refractivity contribution is 6.30. The van der Waals surface area contributed by atoms with Crippen LogP contribution >= 0.6 is 11.6 Å². The van der Waals surface area contributed by atoms with Gasteiger partial charge in [0, 0.05) is 11.6 Å². The highest BCUT2D eigenvalue weighted by Gasteiger charge is 2.36. The highest BCUT2D eigenvalue weighted by atomic mass is 35.5. The van der Waals surface area contributed by atoms with Gasteiger partial charge in [0.05, 0.1) is 39.9 Å². The number of carbonyl (C=O) groups is 1.